The molecule has 2 heterocycles. The van der Waals surface area contributed by atoms with Gasteiger partial charge in [-0.05, 0) is 73.2 Å². The molecule has 0 radical (unpaired) electrons. The van der Waals surface area contributed by atoms with Crippen LogP contribution in [-0.4, -0.2) is 21.0 Å². The van der Waals surface area contributed by atoms with E-state index in [4.69, 9.17) is 9.47 Å². The number of benzene rings is 6. The highest BCUT2D eigenvalue weighted by atomic mass is 28.3. The first-order chi connectivity index (χ1) is 24.4. The van der Waals surface area contributed by atoms with E-state index in [0.717, 1.165) is 48.1 Å². The summed E-state index contributed by atoms with van der Waals surface area (Å²) >= 11 is 0. The molecule has 3 heteroatoms. The molecule has 8 rings (SSSR count). The molecule has 2 nitrogen and oxygen atoms in total. The van der Waals surface area contributed by atoms with Crippen LogP contribution in [0.1, 0.15) is 67.9 Å². The van der Waals surface area contributed by atoms with Crippen LogP contribution in [-0.2, 0) is 10.2 Å². The minimum absolute atomic E-state index is 0.0462. The van der Waals surface area contributed by atoms with Gasteiger partial charge in [-0.15, -0.1) is 0 Å². The summed E-state index contributed by atoms with van der Waals surface area (Å²) in [5, 5.41) is 7.79. The average molecular weight is 667 g/mol. The molecule has 6 aromatic carbocycles. The SMILES string of the molecule is CC(C)(C)c1ccc2c(C#Cc3ccccc3C3=Cc4ccccc4[Si]3(c3ccccc3)c3ccccc3)c(OC3CCCCO3)ccc2c1. The molecule has 1 atom stereocenters. The third-order valence-corrected chi connectivity index (χ3v) is 15.1. The number of hydrogen-bond acceptors (Lipinski definition) is 2. The number of rotatable bonds is 5. The third-order valence-electron chi connectivity index (χ3n) is 10.3. The lowest BCUT2D eigenvalue weighted by Gasteiger charge is -2.34. The zero-order chi connectivity index (χ0) is 34.1. The van der Waals surface area contributed by atoms with Gasteiger partial charge in [-0.2, -0.15) is 0 Å². The van der Waals surface area contributed by atoms with Gasteiger partial charge in [-0.3, -0.25) is 0 Å². The first-order valence-corrected chi connectivity index (χ1v) is 19.8. The zero-order valence-corrected chi connectivity index (χ0v) is 30.1. The van der Waals surface area contributed by atoms with Crippen molar-refractivity contribution in [3.05, 3.63) is 167 Å². The molecule has 246 valence electrons. The number of fused-ring (bicyclic) bond motifs is 2. The Labute approximate surface area is 297 Å². The summed E-state index contributed by atoms with van der Waals surface area (Å²) in [6, 6.07) is 50.9. The van der Waals surface area contributed by atoms with Gasteiger partial charge in [-0.25, -0.2) is 0 Å². The van der Waals surface area contributed by atoms with E-state index in [2.05, 4.69) is 178 Å². The molecular formula is C47H42O2Si. The second-order valence-electron chi connectivity index (χ2n) is 14.5. The monoisotopic (exact) mass is 666 g/mol. The molecule has 0 N–H and O–H groups in total. The van der Waals surface area contributed by atoms with Crippen molar-refractivity contribution in [3.8, 4) is 17.6 Å². The summed E-state index contributed by atoms with van der Waals surface area (Å²) in [6.07, 6.45) is 5.24. The highest BCUT2D eigenvalue weighted by Gasteiger charge is 2.48. The van der Waals surface area contributed by atoms with Gasteiger partial charge in [0.1, 0.15) is 5.75 Å². The van der Waals surface area contributed by atoms with Crippen LogP contribution < -0.4 is 20.3 Å². The lowest BCUT2D eigenvalue weighted by atomic mass is 9.85. The van der Waals surface area contributed by atoms with Gasteiger partial charge in [0.05, 0.1) is 12.2 Å². The van der Waals surface area contributed by atoms with Crippen molar-refractivity contribution in [1.29, 1.82) is 0 Å². The van der Waals surface area contributed by atoms with Crippen molar-refractivity contribution in [2.45, 2.75) is 51.7 Å². The lowest BCUT2D eigenvalue weighted by molar-refractivity contribution is -0.105. The van der Waals surface area contributed by atoms with E-state index in [-0.39, 0.29) is 11.7 Å². The molecule has 1 saturated heterocycles. The predicted octanol–water partition coefficient (Wildman–Crippen LogP) is 9.01. The fourth-order valence-electron chi connectivity index (χ4n) is 7.72. The van der Waals surface area contributed by atoms with E-state index in [1.165, 1.54) is 42.8 Å². The molecule has 50 heavy (non-hydrogen) atoms. The second-order valence-corrected chi connectivity index (χ2v) is 18.2. The van der Waals surface area contributed by atoms with Crippen LogP contribution in [0.25, 0.3) is 22.0 Å². The molecule has 0 aliphatic carbocycles. The summed E-state index contributed by atoms with van der Waals surface area (Å²) in [5.74, 6) is 8.15. The van der Waals surface area contributed by atoms with E-state index in [0.29, 0.717) is 0 Å². The van der Waals surface area contributed by atoms with E-state index in [9.17, 15) is 0 Å². The average Bonchev–Trinajstić information content (AvgIpc) is 3.51. The van der Waals surface area contributed by atoms with Gasteiger partial charge in [0, 0.05) is 17.4 Å². The Morgan fingerprint density at radius 3 is 2.12 bits per heavy atom. The van der Waals surface area contributed by atoms with Crippen molar-refractivity contribution in [3.63, 3.8) is 0 Å². The standard InChI is InChI=1S/C47H42O2Si/c1-47(2,3)37-27-29-40-35(32-37)26-30-43(49-46-24-14-15-31-48-46)42(40)28-25-34-16-10-12-22-41(34)45-33-36-17-11-13-23-44(36)50(45,38-18-6-4-7-19-38)39-20-8-5-9-21-39/h4-13,16-23,26-27,29-30,32-33,46H,14-15,24,31H2,1-3H3. The van der Waals surface area contributed by atoms with Crippen LogP contribution in [0, 0.1) is 11.8 Å². The molecule has 1 fully saturated rings. The van der Waals surface area contributed by atoms with Crippen molar-refractivity contribution in [2.24, 2.45) is 0 Å². The van der Waals surface area contributed by atoms with Gasteiger partial charge in [0.2, 0.25) is 0 Å². The van der Waals surface area contributed by atoms with Crippen LogP contribution in [0.5, 0.6) is 5.75 Å². The van der Waals surface area contributed by atoms with Gasteiger partial charge < -0.3 is 9.47 Å². The molecule has 6 aromatic rings. The fourth-order valence-corrected chi connectivity index (χ4v) is 12.9. The molecule has 1 unspecified atom stereocenters. The van der Waals surface area contributed by atoms with Gasteiger partial charge >= 0.3 is 0 Å². The predicted molar refractivity (Wildman–Crippen MR) is 211 cm³/mol. The minimum Gasteiger partial charge on any atom is -0.464 e. The van der Waals surface area contributed by atoms with Crippen LogP contribution >= 0.6 is 0 Å². The normalized spacial score (nSPS) is 16.6. The summed E-state index contributed by atoms with van der Waals surface area (Å²) in [7, 11) is -2.67. The Kier molecular flexibility index (Phi) is 8.53. The van der Waals surface area contributed by atoms with E-state index >= 15 is 0 Å². The minimum atomic E-state index is -2.67. The first kappa shape index (κ1) is 32.1. The van der Waals surface area contributed by atoms with E-state index in [1.54, 1.807) is 0 Å². The maximum atomic E-state index is 6.57. The second kappa shape index (κ2) is 13.3. The molecule has 2 aliphatic rings. The fraction of sp³-hybridized carbons (Fsp3) is 0.191. The molecule has 2 aliphatic heterocycles. The number of hydrogen-bond donors (Lipinski definition) is 0. The molecule has 0 amide bonds. The van der Waals surface area contributed by atoms with Crippen LogP contribution in [0.15, 0.2) is 140 Å². The Morgan fingerprint density at radius 1 is 0.700 bits per heavy atom. The maximum absolute atomic E-state index is 6.57. The first-order valence-electron chi connectivity index (χ1n) is 17.8. The lowest BCUT2D eigenvalue weighted by Crippen LogP contribution is -2.66. The zero-order valence-electron chi connectivity index (χ0n) is 29.1. The van der Waals surface area contributed by atoms with Crippen LogP contribution in [0.3, 0.4) is 0 Å². The summed E-state index contributed by atoms with van der Waals surface area (Å²) in [5.41, 5.74) is 5.74. The molecule has 0 aromatic heterocycles. The summed E-state index contributed by atoms with van der Waals surface area (Å²) in [6.45, 7) is 7.50. The quantitative estimate of drug-likeness (QED) is 0.135. The van der Waals surface area contributed by atoms with Crippen LogP contribution in [0.4, 0.5) is 0 Å². The summed E-state index contributed by atoms with van der Waals surface area (Å²) < 4.78 is 12.6. The topological polar surface area (TPSA) is 18.5 Å². The van der Waals surface area contributed by atoms with Gasteiger partial charge in [-0.1, -0.05) is 166 Å². The Bertz CT molecular complexity index is 2220. The highest BCUT2D eigenvalue weighted by Crippen LogP contribution is 2.37. The van der Waals surface area contributed by atoms with Gasteiger partial charge in [0.25, 0.3) is 0 Å². The van der Waals surface area contributed by atoms with Crippen molar-refractivity contribution >= 4 is 45.7 Å². The molecule has 0 saturated carbocycles. The Balaban J connectivity index is 1.32. The highest BCUT2D eigenvalue weighted by molar-refractivity contribution is 7.25. The van der Waals surface area contributed by atoms with Crippen LogP contribution in [0.2, 0.25) is 0 Å². The Morgan fingerprint density at radius 2 is 1.40 bits per heavy atom. The molecule has 0 spiro atoms. The summed E-state index contributed by atoms with van der Waals surface area (Å²) in [4.78, 5) is 0. The van der Waals surface area contributed by atoms with Gasteiger partial charge in [0.15, 0.2) is 14.4 Å². The van der Waals surface area contributed by atoms with E-state index < -0.39 is 8.07 Å². The van der Waals surface area contributed by atoms with Crippen molar-refractivity contribution in [1.82, 2.24) is 0 Å². The molecular weight excluding hydrogens is 625 g/mol. The largest absolute Gasteiger partial charge is 0.464 e. The Hall–Kier alpha value is -5.14. The van der Waals surface area contributed by atoms with Crippen molar-refractivity contribution < 1.29 is 9.47 Å². The van der Waals surface area contributed by atoms with Crippen molar-refractivity contribution in [2.75, 3.05) is 6.61 Å². The number of ether oxygens (including phenoxy) is 2. The molecule has 0 bridgehead atoms. The maximum Gasteiger partial charge on any atom is 0.199 e. The third kappa shape index (κ3) is 5.79. The smallest absolute Gasteiger partial charge is 0.199 e. The van der Waals surface area contributed by atoms with E-state index in [1.807, 2.05) is 0 Å².